The minimum atomic E-state index is 0.538. The maximum Gasteiger partial charge on any atom is 0.0588 e. The van der Waals surface area contributed by atoms with Gasteiger partial charge in [0.25, 0.3) is 0 Å². The van der Waals surface area contributed by atoms with Gasteiger partial charge in [0.2, 0.25) is 0 Å². The van der Waals surface area contributed by atoms with Gasteiger partial charge in [0.15, 0.2) is 0 Å². The van der Waals surface area contributed by atoms with Crippen molar-refractivity contribution < 1.29 is 4.74 Å². The first kappa shape index (κ1) is 14.3. The summed E-state index contributed by atoms with van der Waals surface area (Å²) in [5.74, 6) is 0.852. The number of ether oxygens (including phenoxy) is 1. The third-order valence-corrected chi connectivity index (χ3v) is 4.38. The largest absolute Gasteiger partial charge is 0.378 e. The molecule has 0 aromatic rings. The lowest BCUT2D eigenvalue weighted by molar-refractivity contribution is 0.0816. The number of rotatable bonds is 6. The van der Waals surface area contributed by atoms with E-state index in [1.54, 1.807) is 0 Å². The maximum atomic E-state index is 5.73. The summed E-state index contributed by atoms with van der Waals surface area (Å²) in [6.45, 7) is 10.5. The lowest BCUT2D eigenvalue weighted by Crippen LogP contribution is -2.42. The predicted octanol–water partition coefficient (Wildman–Crippen LogP) is 2.27. The fourth-order valence-corrected chi connectivity index (χ4v) is 3.15. The van der Waals surface area contributed by atoms with Crippen LogP contribution in [0.25, 0.3) is 0 Å². The summed E-state index contributed by atoms with van der Waals surface area (Å²) in [6.07, 6.45) is 7.04. The average Bonchev–Trinajstić information content (AvgIpc) is 2.88. The number of piperidine rings is 1. The van der Waals surface area contributed by atoms with E-state index < -0.39 is 0 Å². The van der Waals surface area contributed by atoms with Crippen molar-refractivity contribution in [1.29, 1.82) is 0 Å². The van der Waals surface area contributed by atoms with Crippen LogP contribution in [0.15, 0.2) is 0 Å². The van der Waals surface area contributed by atoms with Gasteiger partial charge in [-0.05, 0) is 65.0 Å². The average molecular weight is 254 g/mol. The summed E-state index contributed by atoms with van der Waals surface area (Å²) in [7, 11) is 0. The van der Waals surface area contributed by atoms with Crippen LogP contribution in [-0.4, -0.2) is 49.8 Å². The molecule has 0 aromatic heterocycles. The highest BCUT2D eigenvalue weighted by molar-refractivity contribution is 4.76. The Bertz CT molecular complexity index is 221. The van der Waals surface area contributed by atoms with Crippen LogP contribution in [0.1, 0.15) is 46.0 Å². The van der Waals surface area contributed by atoms with Crippen LogP contribution in [0, 0.1) is 5.92 Å². The van der Waals surface area contributed by atoms with E-state index >= 15 is 0 Å². The van der Waals surface area contributed by atoms with Crippen LogP contribution >= 0.6 is 0 Å². The van der Waals surface area contributed by atoms with Crippen molar-refractivity contribution in [3.05, 3.63) is 0 Å². The zero-order valence-corrected chi connectivity index (χ0v) is 12.2. The van der Waals surface area contributed by atoms with E-state index in [1.807, 2.05) is 0 Å². The molecule has 2 rings (SSSR count). The van der Waals surface area contributed by atoms with Crippen LogP contribution in [0.3, 0.4) is 0 Å². The van der Waals surface area contributed by atoms with Gasteiger partial charge < -0.3 is 15.0 Å². The van der Waals surface area contributed by atoms with Gasteiger partial charge in [0, 0.05) is 25.7 Å². The van der Waals surface area contributed by atoms with Gasteiger partial charge in [0.05, 0.1) is 6.10 Å². The summed E-state index contributed by atoms with van der Waals surface area (Å²) < 4.78 is 5.73. The van der Waals surface area contributed by atoms with Crippen LogP contribution in [0.5, 0.6) is 0 Å². The molecule has 2 saturated heterocycles. The molecule has 0 radical (unpaired) electrons. The van der Waals surface area contributed by atoms with Gasteiger partial charge >= 0.3 is 0 Å². The molecule has 0 saturated carbocycles. The highest BCUT2D eigenvalue weighted by atomic mass is 16.5. The van der Waals surface area contributed by atoms with Gasteiger partial charge in [-0.2, -0.15) is 0 Å². The number of nitrogens with one attached hydrogen (secondary N) is 1. The van der Waals surface area contributed by atoms with Gasteiger partial charge in [-0.3, -0.25) is 0 Å². The first-order chi connectivity index (χ1) is 8.75. The van der Waals surface area contributed by atoms with Gasteiger partial charge in [-0.1, -0.05) is 0 Å². The fraction of sp³-hybridized carbons (Fsp3) is 1.00. The molecule has 0 aromatic carbocycles. The fourth-order valence-electron chi connectivity index (χ4n) is 3.15. The monoisotopic (exact) mass is 254 g/mol. The normalized spacial score (nSPS) is 29.3. The third-order valence-electron chi connectivity index (χ3n) is 4.38. The Hall–Kier alpha value is -0.120. The molecule has 2 aliphatic rings. The first-order valence-electron chi connectivity index (χ1n) is 7.82. The summed E-state index contributed by atoms with van der Waals surface area (Å²) in [4.78, 5) is 2.65. The molecule has 18 heavy (non-hydrogen) atoms. The standard InChI is InChI=1S/C15H30N2O/c1-13(2)17(9-7-15-6-4-10-18-15)12-14-5-3-8-16-11-14/h13-16H,3-12H2,1-2H3. The molecule has 3 heteroatoms. The number of hydrogen-bond acceptors (Lipinski definition) is 3. The Balaban J connectivity index is 1.72. The molecule has 0 spiro atoms. The van der Waals surface area contributed by atoms with Gasteiger partial charge in [0.1, 0.15) is 0 Å². The van der Waals surface area contributed by atoms with E-state index in [0.29, 0.717) is 12.1 Å². The summed E-state index contributed by atoms with van der Waals surface area (Å²) in [5.41, 5.74) is 0. The summed E-state index contributed by atoms with van der Waals surface area (Å²) in [6, 6.07) is 0.660. The second kappa shape index (κ2) is 7.46. The molecule has 2 fully saturated rings. The zero-order valence-electron chi connectivity index (χ0n) is 12.2. The lowest BCUT2D eigenvalue weighted by Gasteiger charge is -2.33. The van der Waals surface area contributed by atoms with E-state index in [9.17, 15) is 0 Å². The Labute approximate surface area is 112 Å². The maximum absolute atomic E-state index is 5.73. The molecule has 2 unspecified atom stereocenters. The van der Waals surface area contributed by atoms with Crippen molar-refractivity contribution in [2.75, 3.05) is 32.8 Å². The van der Waals surface area contributed by atoms with Crippen molar-refractivity contribution in [1.82, 2.24) is 10.2 Å². The minimum absolute atomic E-state index is 0.538. The molecule has 0 amide bonds. The van der Waals surface area contributed by atoms with E-state index in [1.165, 1.54) is 58.3 Å². The topological polar surface area (TPSA) is 24.5 Å². The zero-order chi connectivity index (χ0) is 12.8. The number of nitrogens with zero attached hydrogens (tertiary/aromatic N) is 1. The quantitative estimate of drug-likeness (QED) is 0.787. The third kappa shape index (κ3) is 4.52. The molecule has 1 N–H and O–H groups in total. The highest BCUT2D eigenvalue weighted by Gasteiger charge is 2.21. The van der Waals surface area contributed by atoms with Crippen molar-refractivity contribution >= 4 is 0 Å². The minimum Gasteiger partial charge on any atom is -0.378 e. The molecule has 2 aliphatic heterocycles. The predicted molar refractivity (Wildman–Crippen MR) is 75.9 cm³/mol. The van der Waals surface area contributed by atoms with Crippen LogP contribution < -0.4 is 5.32 Å². The van der Waals surface area contributed by atoms with Gasteiger partial charge in [-0.15, -0.1) is 0 Å². The molecule has 0 bridgehead atoms. The van der Waals surface area contributed by atoms with Crippen molar-refractivity contribution in [2.24, 2.45) is 5.92 Å². The molecular weight excluding hydrogens is 224 g/mol. The molecule has 106 valence electrons. The Morgan fingerprint density at radius 3 is 2.78 bits per heavy atom. The van der Waals surface area contributed by atoms with E-state index in [-0.39, 0.29) is 0 Å². The molecular formula is C15H30N2O. The molecule has 3 nitrogen and oxygen atoms in total. The highest BCUT2D eigenvalue weighted by Crippen LogP contribution is 2.18. The lowest BCUT2D eigenvalue weighted by atomic mass is 9.98. The number of hydrogen-bond donors (Lipinski definition) is 1. The second-order valence-corrected chi connectivity index (χ2v) is 6.22. The van der Waals surface area contributed by atoms with Crippen molar-refractivity contribution in [3.8, 4) is 0 Å². The van der Waals surface area contributed by atoms with Crippen molar-refractivity contribution in [2.45, 2.75) is 58.1 Å². The molecule has 0 aliphatic carbocycles. The summed E-state index contributed by atoms with van der Waals surface area (Å²) in [5, 5.41) is 3.52. The van der Waals surface area contributed by atoms with E-state index in [4.69, 9.17) is 4.74 Å². The van der Waals surface area contributed by atoms with Crippen LogP contribution in [0.2, 0.25) is 0 Å². The second-order valence-electron chi connectivity index (χ2n) is 6.22. The van der Waals surface area contributed by atoms with E-state index in [0.717, 1.165) is 12.5 Å². The van der Waals surface area contributed by atoms with Crippen LogP contribution in [-0.2, 0) is 4.74 Å². The summed E-state index contributed by atoms with van der Waals surface area (Å²) >= 11 is 0. The van der Waals surface area contributed by atoms with Crippen LogP contribution in [0.4, 0.5) is 0 Å². The molecule has 2 heterocycles. The Kier molecular flexibility index (Phi) is 5.93. The molecule has 2 atom stereocenters. The van der Waals surface area contributed by atoms with E-state index in [2.05, 4.69) is 24.1 Å². The van der Waals surface area contributed by atoms with Crippen molar-refractivity contribution in [3.63, 3.8) is 0 Å². The Morgan fingerprint density at radius 2 is 2.17 bits per heavy atom. The Morgan fingerprint density at radius 1 is 1.28 bits per heavy atom. The smallest absolute Gasteiger partial charge is 0.0588 e. The SMILES string of the molecule is CC(C)N(CCC1CCCO1)CC1CCCNC1. The van der Waals surface area contributed by atoms with Gasteiger partial charge in [-0.25, -0.2) is 0 Å². The first-order valence-corrected chi connectivity index (χ1v) is 7.82.